The van der Waals surface area contributed by atoms with Crippen LogP contribution in [0.5, 0.6) is 5.75 Å². The Balaban J connectivity index is 1.37. The van der Waals surface area contributed by atoms with E-state index in [1.165, 1.54) is 0 Å². The fraction of sp³-hybridized carbons (Fsp3) is 0.320. The monoisotopic (exact) mass is 459 g/mol. The number of piperazine rings is 1. The molecule has 0 spiro atoms. The summed E-state index contributed by atoms with van der Waals surface area (Å²) in [5.41, 5.74) is 3.96. The molecule has 0 radical (unpaired) electrons. The van der Waals surface area contributed by atoms with E-state index in [2.05, 4.69) is 10.00 Å². The molecule has 2 aliphatic rings. The molecule has 1 amide bonds. The molecule has 2 saturated heterocycles. The molecule has 2 bridgehead atoms. The predicted molar refractivity (Wildman–Crippen MR) is 126 cm³/mol. The molecule has 174 valence electrons. The van der Waals surface area contributed by atoms with Gasteiger partial charge in [0.05, 0.1) is 17.8 Å². The summed E-state index contributed by atoms with van der Waals surface area (Å²) in [5, 5.41) is 14.1. The highest BCUT2D eigenvalue weighted by molar-refractivity contribution is 5.94. The number of anilines is 1. The van der Waals surface area contributed by atoms with Gasteiger partial charge in [-0.2, -0.15) is 10.1 Å². The molecule has 2 aliphatic heterocycles. The number of carbonyl (C=O) groups is 1. The number of oxazole rings is 1. The lowest BCUT2D eigenvalue weighted by Gasteiger charge is -2.38. The Bertz CT molecular complexity index is 1330. The van der Waals surface area contributed by atoms with Gasteiger partial charge in [-0.15, -0.1) is 0 Å². The number of hydrogen-bond acceptors (Lipinski definition) is 6. The number of carboxylic acid groups (broad SMARTS) is 1. The molecule has 0 aliphatic carbocycles. The number of ether oxygens (including phenoxy) is 1. The number of fused-ring (bicyclic) bond motifs is 3. The summed E-state index contributed by atoms with van der Waals surface area (Å²) in [6.45, 7) is 1.55. The van der Waals surface area contributed by atoms with Gasteiger partial charge in [-0.3, -0.25) is 9.58 Å². The van der Waals surface area contributed by atoms with Crippen LogP contribution < -0.4 is 9.64 Å². The fourth-order valence-corrected chi connectivity index (χ4v) is 5.09. The standard InChI is InChI=1S/C25H25N5O4/c1-28-12-11-20(27-28)19-9-10-21(33-15-16-5-3-2-4-6-16)22-23(19)34-24(26-22)29-13-17-7-8-18(14-29)30(17)25(31)32/h2-6,9-12,17-18H,7-8,13-15H2,1H3,(H,31,32). The maximum atomic E-state index is 11.7. The molecule has 6 rings (SSSR count). The molecule has 34 heavy (non-hydrogen) atoms. The van der Waals surface area contributed by atoms with Crippen molar-refractivity contribution in [1.82, 2.24) is 19.7 Å². The molecular formula is C25H25N5O4. The Morgan fingerprint density at radius 1 is 1.12 bits per heavy atom. The van der Waals surface area contributed by atoms with Crippen LogP contribution in [0.3, 0.4) is 0 Å². The van der Waals surface area contributed by atoms with Crippen LogP contribution >= 0.6 is 0 Å². The van der Waals surface area contributed by atoms with E-state index in [4.69, 9.17) is 14.1 Å². The second kappa shape index (κ2) is 8.09. The number of aromatic nitrogens is 3. The van der Waals surface area contributed by atoms with E-state index in [1.54, 1.807) is 9.58 Å². The number of rotatable bonds is 5. The molecule has 0 saturated carbocycles. The Kier molecular flexibility index (Phi) is 4.90. The summed E-state index contributed by atoms with van der Waals surface area (Å²) in [7, 11) is 1.88. The van der Waals surface area contributed by atoms with Gasteiger partial charge in [0.25, 0.3) is 6.01 Å². The van der Waals surface area contributed by atoms with Crippen molar-refractivity contribution < 1.29 is 19.1 Å². The van der Waals surface area contributed by atoms with E-state index in [-0.39, 0.29) is 12.1 Å². The Labute approximate surface area is 196 Å². The van der Waals surface area contributed by atoms with Crippen molar-refractivity contribution in [2.75, 3.05) is 18.0 Å². The van der Waals surface area contributed by atoms with Crippen LogP contribution in [-0.2, 0) is 13.7 Å². The summed E-state index contributed by atoms with van der Waals surface area (Å²) in [6, 6.07) is 16.2. The molecule has 4 aromatic rings. The predicted octanol–water partition coefficient (Wildman–Crippen LogP) is 4.14. The average Bonchev–Trinajstić information content (AvgIpc) is 3.54. The van der Waals surface area contributed by atoms with Crippen molar-refractivity contribution in [2.45, 2.75) is 31.5 Å². The summed E-state index contributed by atoms with van der Waals surface area (Å²) in [5.74, 6) is 0.640. The molecule has 1 N–H and O–H groups in total. The van der Waals surface area contributed by atoms with Crippen LogP contribution in [0.4, 0.5) is 10.8 Å². The summed E-state index contributed by atoms with van der Waals surface area (Å²) >= 11 is 0. The molecule has 2 atom stereocenters. The molecule has 9 heteroatoms. The molecule has 2 unspecified atom stereocenters. The number of amides is 1. The van der Waals surface area contributed by atoms with Gasteiger partial charge in [0, 0.05) is 31.9 Å². The van der Waals surface area contributed by atoms with Gasteiger partial charge in [0.15, 0.2) is 11.1 Å². The molecule has 9 nitrogen and oxygen atoms in total. The van der Waals surface area contributed by atoms with Gasteiger partial charge in [0.2, 0.25) is 0 Å². The van der Waals surface area contributed by atoms with Crippen molar-refractivity contribution in [3.63, 3.8) is 0 Å². The minimum absolute atomic E-state index is 0.0460. The first-order chi connectivity index (χ1) is 16.6. The maximum Gasteiger partial charge on any atom is 0.407 e. The van der Waals surface area contributed by atoms with Crippen molar-refractivity contribution in [3.05, 3.63) is 60.3 Å². The second-order valence-electron chi connectivity index (χ2n) is 8.91. The molecular weight excluding hydrogens is 434 g/mol. The maximum absolute atomic E-state index is 11.7. The van der Waals surface area contributed by atoms with Gasteiger partial charge in [0.1, 0.15) is 12.4 Å². The minimum atomic E-state index is -0.848. The quantitative estimate of drug-likeness (QED) is 0.479. The normalized spacial score (nSPS) is 19.7. The van der Waals surface area contributed by atoms with Gasteiger partial charge in [-0.25, -0.2) is 4.79 Å². The first-order valence-electron chi connectivity index (χ1n) is 11.4. The smallest absolute Gasteiger partial charge is 0.407 e. The summed E-state index contributed by atoms with van der Waals surface area (Å²) < 4.78 is 14.2. The Morgan fingerprint density at radius 2 is 1.88 bits per heavy atom. The van der Waals surface area contributed by atoms with Crippen molar-refractivity contribution in [3.8, 4) is 17.0 Å². The van der Waals surface area contributed by atoms with Crippen molar-refractivity contribution >= 4 is 23.2 Å². The third-order valence-electron chi connectivity index (χ3n) is 6.70. The molecule has 2 aromatic heterocycles. The van der Waals surface area contributed by atoms with Crippen molar-refractivity contribution in [1.29, 1.82) is 0 Å². The van der Waals surface area contributed by atoms with Crippen LogP contribution in [0, 0.1) is 0 Å². The largest absolute Gasteiger partial charge is 0.486 e. The zero-order chi connectivity index (χ0) is 23.2. The van der Waals surface area contributed by atoms with Crippen LogP contribution in [-0.4, -0.2) is 56.0 Å². The number of nitrogens with zero attached hydrogens (tertiary/aromatic N) is 5. The van der Waals surface area contributed by atoms with Gasteiger partial charge in [-0.05, 0) is 36.6 Å². The average molecular weight is 460 g/mol. The third kappa shape index (κ3) is 3.53. The minimum Gasteiger partial charge on any atom is -0.486 e. The van der Waals surface area contributed by atoms with Crippen LogP contribution in [0.25, 0.3) is 22.4 Å². The molecule has 2 aromatic carbocycles. The molecule has 2 fully saturated rings. The highest BCUT2D eigenvalue weighted by Gasteiger charge is 2.44. The van der Waals surface area contributed by atoms with Gasteiger partial charge in [-0.1, -0.05) is 30.3 Å². The first-order valence-corrected chi connectivity index (χ1v) is 11.4. The van der Waals surface area contributed by atoms with Crippen LogP contribution in [0.1, 0.15) is 18.4 Å². The Hall–Kier alpha value is -4.01. The highest BCUT2D eigenvalue weighted by atomic mass is 16.5. The van der Waals surface area contributed by atoms with E-state index in [0.717, 1.165) is 29.7 Å². The van der Waals surface area contributed by atoms with Crippen LogP contribution in [0.15, 0.2) is 59.1 Å². The van der Waals surface area contributed by atoms with Crippen molar-refractivity contribution in [2.24, 2.45) is 7.05 Å². The fourth-order valence-electron chi connectivity index (χ4n) is 5.09. The van der Waals surface area contributed by atoms with Crippen LogP contribution in [0.2, 0.25) is 0 Å². The zero-order valence-electron chi connectivity index (χ0n) is 18.8. The summed E-state index contributed by atoms with van der Waals surface area (Å²) in [6.07, 6.45) is 2.76. The molecule has 4 heterocycles. The lowest BCUT2D eigenvalue weighted by Crippen LogP contribution is -2.55. The second-order valence-corrected chi connectivity index (χ2v) is 8.91. The summed E-state index contributed by atoms with van der Waals surface area (Å²) in [4.78, 5) is 20.2. The van der Waals surface area contributed by atoms with E-state index in [9.17, 15) is 9.90 Å². The van der Waals surface area contributed by atoms with Gasteiger partial charge < -0.3 is 19.2 Å². The lowest BCUT2D eigenvalue weighted by atomic mass is 10.1. The van der Waals surface area contributed by atoms with Gasteiger partial charge >= 0.3 is 6.09 Å². The lowest BCUT2D eigenvalue weighted by molar-refractivity contribution is 0.114. The third-order valence-corrected chi connectivity index (χ3v) is 6.70. The first kappa shape index (κ1) is 20.6. The van der Waals surface area contributed by atoms with E-state index in [0.29, 0.717) is 42.6 Å². The van der Waals surface area contributed by atoms with E-state index >= 15 is 0 Å². The number of aryl methyl sites for hydroxylation is 1. The number of benzene rings is 2. The topological polar surface area (TPSA) is 96.9 Å². The van der Waals surface area contributed by atoms with E-state index < -0.39 is 6.09 Å². The Morgan fingerprint density at radius 3 is 2.56 bits per heavy atom. The zero-order valence-corrected chi connectivity index (χ0v) is 18.8. The highest BCUT2D eigenvalue weighted by Crippen LogP contribution is 2.39. The SMILES string of the molecule is Cn1ccc(-c2ccc(OCc3ccccc3)c3nc(N4CC5CCC(C4)N5C(=O)O)oc23)n1. The van der Waals surface area contributed by atoms with E-state index in [1.807, 2.05) is 61.8 Å². The number of hydrogen-bond donors (Lipinski definition) is 1.